The maximum atomic E-state index is 12.0. The number of anilines is 1. The molecule has 1 aliphatic rings. The Morgan fingerprint density at radius 2 is 2.11 bits per heavy atom. The van der Waals surface area contributed by atoms with Gasteiger partial charge in [-0.3, -0.25) is 4.79 Å². The normalized spacial score (nSPS) is 17.2. The molecule has 1 amide bonds. The Labute approximate surface area is 118 Å². The zero-order valence-corrected chi connectivity index (χ0v) is 12.2. The molecular weight excluding hydrogens is 260 g/mol. The van der Waals surface area contributed by atoms with Gasteiger partial charge in [0.25, 0.3) is 5.91 Å². The number of nitrogens with zero attached hydrogens (tertiary/aromatic N) is 2. The van der Waals surface area contributed by atoms with Crippen molar-refractivity contribution in [2.24, 2.45) is 0 Å². The lowest BCUT2D eigenvalue weighted by Crippen LogP contribution is -2.38. The third-order valence-electron chi connectivity index (χ3n) is 3.66. The lowest BCUT2D eigenvalue weighted by atomic mass is 10.1. The molecule has 0 unspecified atom stereocenters. The van der Waals surface area contributed by atoms with Crippen LogP contribution in [0.15, 0.2) is 12.4 Å². The lowest BCUT2D eigenvalue weighted by Gasteiger charge is -2.26. The van der Waals surface area contributed by atoms with Crippen molar-refractivity contribution < 1.29 is 4.79 Å². The van der Waals surface area contributed by atoms with Crippen LogP contribution in [0.5, 0.6) is 0 Å². The molecule has 0 saturated heterocycles. The monoisotopic (exact) mass is 280 g/mol. The fraction of sp³-hybridized carbons (Fsp3) is 0.615. The Morgan fingerprint density at radius 3 is 2.63 bits per heavy atom. The molecule has 1 aliphatic carbocycles. The van der Waals surface area contributed by atoms with Crippen LogP contribution >= 0.6 is 11.8 Å². The molecule has 19 heavy (non-hydrogen) atoms. The van der Waals surface area contributed by atoms with Crippen molar-refractivity contribution in [3.05, 3.63) is 18.1 Å². The van der Waals surface area contributed by atoms with E-state index in [1.165, 1.54) is 31.9 Å². The second kappa shape index (κ2) is 6.23. The number of amides is 1. The van der Waals surface area contributed by atoms with Crippen LogP contribution in [0.25, 0.3) is 0 Å². The van der Waals surface area contributed by atoms with Crippen LogP contribution in [0.2, 0.25) is 0 Å². The maximum Gasteiger partial charge on any atom is 0.271 e. The molecular formula is C13H20N4OS. The Kier molecular flexibility index (Phi) is 4.63. The number of aromatic nitrogens is 2. The van der Waals surface area contributed by atoms with Crippen LogP contribution in [-0.2, 0) is 0 Å². The van der Waals surface area contributed by atoms with E-state index < -0.39 is 0 Å². The standard InChI is InChI=1S/C13H20N4OS/c1-14-11-8-15-10(7-16-11)12(18)17-9-13(19-2)5-3-4-6-13/h7-8H,3-6,9H2,1-2H3,(H,14,16)(H,17,18). The van der Waals surface area contributed by atoms with Gasteiger partial charge in [0.05, 0.1) is 12.4 Å². The Bertz CT molecular complexity index is 429. The molecule has 1 saturated carbocycles. The first-order valence-electron chi connectivity index (χ1n) is 6.52. The van der Waals surface area contributed by atoms with Crippen molar-refractivity contribution in [1.82, 2.24) is 15.3 Å². The molecule has 0 radical (unpaired) electrons. The summed E-state index contributed by atoms with van der Waals surface area (Å²) in [5.74, 6) is 0.517. The van der Waals surface area contributed by atoms with E-state index in [4.69, 9.17) is 0 Å². The fourth-order valence-corrected chi connectivity index (χ4v) is 3.29. The highest BCUT2D eigenvalue weighted by molar-refractivity contribution is 8.00. The van der Waals surface area contributed by atoms with Gasteiger partial charge in [-0.25, -0.2) is 9.97 Å². The molecule has 1 aromatic heterocycles. The molecule has 0 aliphatic heterocycles. The largest absolute Gasteiger partial charge is 0.372 e. The van der Waals surface area contributed by atoms with Crippen LogP contribution in [0.4, 0.5) is 5.82 Å². The van der Waals surface area contributed by atoms with E-state index in [9.17, 15) is 4.79 Å². The van der Waals surface area contributed by atoms with Crippen molar-refractivity contribution >= 4 is 23.5 Å². The van der Waals surface area contributed by atoms with Gasteiger partial charge in [-0.15, -0.1) is 0 Å². The summed E-state index contributed by atoms with van der Waals surface area (Å²) >= 11 is 1.86. The van der Waals surface area contributed by atoms with E-state index in [1.54, 1.807) is 13.2 Å². The number of carbonyl (C=O) groups is 1. The second-order valence-electron chi connectivity index (χ2n) is 4.81. The minimum absolute atomic E-state index is 0.143. The molecule has 2 rings (SSSR count). The number of nitrogens with one attached hydrogen (secondary N) is 2. The van der Waals surface area contributed by atoms with Crippen LogP contribution in [0.1, 0.15) is 36.2 Å². The summed E-state index contributed by atoms with van der Waals surface area (Å²) in [4.78, 5) is 20.2. The molecule has 6 heteroatoms. The highest BCUT2D eigenvalue weighted by atomic mass is 32.2. The van der Waals surface area contributed by atoms with Crippen LogP contribution in [0, 0.1) is 0 Å². The molecule has 1 aromatic rings. The SMILES string of the molecule is CNc1cnc(C(=O)NCC2(SC)CCCC2)cn1. The average molecular weight is 280 g/mol. The maximum absolute atomic E-state index is 12.0. The first-order chi connectivity index (χ1) is 9.19. The second-order valence-corrected chi connectivity index (χ2v) is 6.09. The molecule has 1 fully saturated rings. The van der Waals surface area contributed by atoms with Gasteiger partial charge in [-0.2, -0.15) is 11.8 Å². The predicted octanol–water partition coefficient (Wildman–Crippen LogP) is 1.92. The van der Waals surface area contributed by atoms with Crippen LogP contribution in [0.3, 0.4) is 0 Å². The molecule has 0 spiro atoms. The Hall–Kier alpha value is -1.30. The van der Waals surface area contributed by atoms with Crippen LogP contribution < -0.4 is 10.6 Å². The van der Waals surface area contributed by atoms with Crippen molar-refractivity contribution in [2.45, 2.75) is 30.4 Å². The molecule has 1 heterocycles. The van der Waals surface area contributed by atoms with Gasteiger partial charge in [-0.1, -0.05) is 12.8 Å². The zero-order chi connectivity index (χ0) is 13.7. The van der Waals surface area contributed by atoms with Gasteiger partial charge in [0.1, 0.15) is 11.5 Å². The summed E-state index contributed by atoms with van der Waals surface area (Å²) in [6.45, 7) is 0.711. The highest BCUT2D eigenvalue weighted by Gasteiger charge is 2.33. The lowest BCUT2D eigenvalue weighted by molar-refractivity contribution is 0.0944. The summed E-state index contributed by atoms with van der Waals surface area (Å²) in [5.41, 5.74) is 0.369. The van der Waals surface area contributed by atoms with E-state index in [-0.39, 0.29) is 10.7 Å². The van der Waals surface area contributed by atoms with Crippen molar-refractivity contribution in [3.8, 4) is 0 Å². The van der Waals surface area contributed by atoms with Gasteiger partial charge in [0.2, 0.25) is 0 Å². The van der Waals surface area contributed by atoms with Gasteiger partial charge in [0.15, 0.2) is 0 Å². The number of rotatable bonds is 5. The Balaban J connectivity index is 1.93. The third-order valence-corrected chi connectivity index (χ3v) is 5.08. The summed E-state index contributed by atoms with van der Waals surface area (Å²) in [6.07, 6.45) is 10.1. The molecule has 5 nitrogen and oxygen atoms in total. The smallest absolute Gasteiger partial charge is 0.271 e. The summed E-state index contributed by atoms with van der Waals surface area (Å²) < 4.78 is 0.216. The van der Waals surface area contributed by atoms with Crippen molar-refractivity contribution in [1.29, 1.82) is 0 Å². The van der Waals surface area contributed by atoms with E-state index in [0.29, 0.717) is 18.1 Å². The van der Waals surface area contributed by atoms with Crippen molar-refractivity contribution in [3.63, 3.8) is 0 Å². The molecule has 0 atom stereocenters. The average Bonchev–Trinajstić information content (AvgIpc) is 2.94. The van der Waals surface area contributed by atoms with Gasteiger partial charge >= 0.3 is 0 Å². The summed E-state index contributed by atoms with van der Waals surface area (Å²) in [6, 6.07) is 0. The predicted molar refractivity (Wildman–Crippen MR) is 78.6 cm³/mol. The van der Waals surface area contributed by atoms with E-state index in [2.05, 4.69) is 26.9 Å². The topological polar surface area (TPSA) is 66.9 Å². The fourth-order valence-electron chi connectivity index (χ4n) is 2.38. The molecule has 0 bridgehead atoms. The van der Waals surface area contributed by atoms with E-state index in [0.717, 1.165) is 0 Å². The zero-order valence-electron chi connectivity index (χ0n) is 11.4. The first-order valence-corrected chi connectivity index (χ1v) is 7.75. The van der Waals surface area contributed by atoms with Gasteiger partial charge < -0.3 is 10.6 Å². The van der Waals surface area contributed by atoms with E-state index in [1.807, 2.05) is 11.8 Å². The van der Waals surface area contributed by atoms with Gasteiger partial charge in [-0.05, 0) is 19.1 Å². The summed E-state index contributed by atoms with van der Waals surface area (Å²) in [7, 11) is 1.77. The number of carbonyl (C=O) groups excluding carboxylic acids is 1. The Morgan fingerprint density at radius 1 is 1.37 bits per heavy atom. The quantitative estimate of drug-likeness (QED) is 0.862. The molecule has 0 aromatic carbocycles. The number of thioether (sulfide) groups is 1. The van der Waals surface area contributed by atoms with Gasteiger partial charge in [0, 0.05) is 18.3 Å². The molecule has 104 valence electrons. The van der Waals surface area contributed by atoms with Crippen molar-refractivity contribution in [2.75, 3.05) is 25.2 Å². The first kappa shape index (κ1) is 14.1. The summed E-state index contributed by atoms with van der Waals surface area (Å²) in [5, 5.41) is 5.86. The van der Waals surface area contributed by atoms with Crippen LogP contribution in [-0.4, -0.2) is 40.5 Å². The number of hydrogen-bond donors (Lipinski definition) is 2. The third kappa shape index (κ3) is 3.37. The molecule has 2 N–H and O–H groups in total. The van der Waals surface area contributed by atoms with E-state index >= 15 is 0 Å². The minimum atomic E-state index is -0.143. The highest BCUT2D eigenvalue weighted by Crippen LogP contribution is 2.39. The number of hydrogen-bond acceptors (Lipinski definition) is 5. The minimum Gasteiger partial charge on any atom is -0.372 e.